The second kappa shape index (κ2) is 43.4. The molecule has 0 spiro atoms. The predicted molar refractivity (Wildman–Crippen MR) is 120 cm³/mol. The van der Waals surface area contributed by atoms with Crippen molar-refractivity contribution in [2.24, 2.45) is 0 Å². The van der Waals surface area contributed by atoms with Crippen molar-refractivity contribution in [2.75, 3.05) is 7.11 Å². The number of ether oxygens (including phenoxy) is 1. The van der Waals surface area contributed by atoms with Gasteiger partial charge in [-0.2, -0.15) is 6.08 Å². The molecule has 1 aromatic rings. The molecule has 0 saturated heterocycles. The average Bonchev–Trinajstić information content (AvgIpc) is 2.91. The van der Waals surface area contributed by atoms with Crippen LogP contribution in [0.4, 0.5) is 5.69 Å². The summed E-state index contributed by atoms with van der Waals surface area (Å²) in [7, 11) is 3.47. The van der Waals surface area contributed by atoms with Crippen LogP contribution in [-0.4, -0.2) is 14.7 Å². The normalized spacial score (nSPS) is 7.17. The molecule has 0 fully saturated rings. The number of methoxy groups -OCH3 is 1. The minimum absolute atomic E-state index is 0. The van der Waals surface area contributed by atoms with Crippen molar-refractivity contribution >= 4 is 38.1 Å². The molecule has 1 aromatic carbocycles. The van der Waals surface area contributed by atoms with Crippen molar-refractivity contribution in [3.05, 3.63) is 98.9 Å². The van der Waals surface area contributed by atoms with Gasteiger partial charge in [0.25, 0.3) is 0 Å². The summed E-state index contributed by atoms with van der Waals surface area (Å²) in [4.78, 5) is 0. The molecular weight excluding hydrogens is 393 g/mol. The third kappa shape index (κ3) is 33.4. The van der Waals surface area contributed by atoms with Gasteiger partial charge in [-0.05, 0) is 12.1 Å². The third-order valence-electron chi connectivity index (χ3n) is 1.68. The molecule has 1 aliphatic rings. The van der Waals surface area contributed by atoms with E-state index in [2.05, 4.69) is 12.2 Å². The summed E-state index contributed by atoms with van der Waals surface area (Å²) in [6.07, 6.45) is 10.0. The van der Waals surface area contributed by atoms with Crippen molar-refractivity contribution in [2.45, 2.75) is 6.42 Å². The fourth-order valence-electron chi connectivity index (χ4n) is 0.931. The summed E-state index contributed by atoms with van der Waals surface area (Å²) in [5.41, 5.74) is 7.62. The maximum absolute atomic E-state index is 7.11. The molecule has 0 radical (unpaired) electrons. The molecule has 1 N–H and O–H groups in total. The maximum atomic E-state index is 7.11. The van der Waals surface area contributed by atoms with Gasteiger partial charge in [0, 0.05) is 0 Å². The van der Waals surface area contributed by atoms with Crippen LogP contribution < -0.4 is 4.74 Å². The standard InChI is InChI=1S/C7H8NO.C5H5.6CH3.2ClH.H2Si.Ti/c1-9-7-4-2-6(8)3-5-7;1-2-4-5-3-1;;;;;;;;;;/h2-5,8H,1H3;1-3H,4H2;6*1H3;2*1H;1H2;/q8*-1;;;;. The molecule has 148 valence electrons. The van der Waals surface area contributed by atoms with Crippen molar-refractivity contribution < 1.29 is 23.9 Å². The molecule has 0 aliphatic heterocycles. The van der Waals surface area contributed by atoms with Gasteiger partial charge in [-0.15, -0.1) is 36.9 Å². The van der Waals surface area contributed by atoms with Crippen LogP contribution >= 0.6 is 24.8 Å². The van der Waals surface area contributed by atoms with Crippen molar-refractivity contribution in [3.63, 3.8) is 0 Å². The van der Waals surface area contributed by atoms with Crippen LogP contribution in [0.5, 0.6) is 5.75 Å². The van der Waals surface area contributed by atoms with E-state index < -0.39 is 0 Å². The first kappa shape index (κ1) is 56.5. The Kier molecular flexibility index (Phi) is 102. The molecule has 0 amide bonds. The monoisotopic (exact) mass is 427 g/mol. The van der Waals surface area contributed by atoms with Crippen LogP contribution in [0, 0.1) is 50.6 Å². The molecule has 2 nitrogen and oxygen atoms in total. The zero-order valence-corrected chi connectivity index (χ0v) is 20.8. The van der Waals surface area contributed by atoms with Crippen LogP contribution in [0.2, 0.25) is 0 Å². The zero-order chi connectivity index (χ0) is 12.2. The quantitative estimate of drug-likeness (QED) is 0.381. The second-order valence-corrected chi connectivity index (χ2v) is 2.73. The van der Waals surface area contributed by atoms with Gasteiger partial charge in [-0.1, -0.05) is 12.1 Å². The predicted octanol–water partition coefficient (Wildman–Crippen LogP) is 6.31. The minimum atomic E-state index is 0. The van der Waals surface area contributed by atoms with Crippen LogP contribution in [0.1, 0.15) is 6.42 Å². The molecule has 24 heavy (non-hydrogen) atoms. The van der Waals surface area contributed by atoms with Crippen molar-refractivity contribution in [1.29, 1.82) is 0 Å². The fraction of sp³-hybridized carbons (Fsp3) is 0.111. The molecule has 0 saturated carbocycles. The van der Waals surface area contributed by atoms with Gasteiger partial charge in [-0.25, -0.2) is 12.2 Å². The van der Waals surface area contributed by atoms with Gasteiger partial charge >= 0.3 is 26.8 Å². The van der Waals surface area contributed by atoms with E-state index in [9.17, 15) is 0 Å². The molecule has 1 aliphatic carbocycles. The summed E-state index contributed by atoms with van der Waals surface area (Å²) < 4.78 is 4.89. The summed E-state index contributed by atoms with van der Waals surface area (Å²) in [6, 6.07) is 6.92. The van der Waals surface area contributed by atoms with Gasteiger partial charge in [0.1, 0.15) is 5.75 Å². The van der Waals surface area contributed by atoms with E-state index in [0.717, 1.165) is 12.2 Å². The van der Waals surface area contributed by atoms with E-state index in [1.165, 1.54) is 0 Å². The second-order valence-electron chi connectivity index (χ2n) is 2.73. The summed E-state index contributed by atoms with van der Waals surface area (Å²) >= 11 is 2.03. The zero-order valence-electron chi connectivity index (χ0n) is 16.2. The Morgan fingerprint density at radius 1 is 0.958 bits per heavy atom. The van der Waals surface area contributed by atoms with Gasteiger partial charge in [0.2, 0.25) is 0 Å². The van der Waals surface area contributed by atoms with Crippen LogP contribution in [0.25, 0.3) is 5.73 Å². The summed E-state index contributed by atoms with van der Waals surface area (Å²) in [5, 5.41) is 0. The Morgan fingerprint density at radius 2 is 1.38 bits per heavy atom. The molecule has 0 atom stereocenters. The number of nitrogens with one attached hydrogen (secondary N) is 1. The fourth-order valence-corrected chi connectivity index (χ4v) is 0.931. The Labute approximate surface area is 179 Å². The molecular formula is C18H35Cl2NOSiTi-8. The molecule has 0 heterocycles. The van der Waals surface area contributed by atoms with Gasteiger partial charge < -0.3 is 55.0 Å². The summed E-state index contributed by atoms with van der Waals surface area (Å²) in [5.74, 6) is 0.797. The van der Waals surface area contributed by atoms with E-state index in [1.807, 2.05) is 39.0 Å². The molecule has 0 unspecified atom stereocenters. The Bertz CT molecular complexity index is 337. The average molecular weight is 428 g/mol. The molecule has 0 bridgehead atoms. The van der Waals surface area contributed by atoms with E-state index in [4.69, 9.17) is 10.5 Å². The van der Waals surface area contributed by atoms with Crippen molar-refractivity contribution in [3.8, 4) is 5.75 Å². The van der Waals surface area contributed by atoms with Gasteiger partial charge in [0.15, 0.2) is 0 Å². The molecule has 6 heteroatoms. The number of hydrogen-bond donors (Lipinski definition) is 0. The topological polar surface area (TPSA) is 33.0 Å². The van der Waals surface area contributed by atoms with Gasteiger partial charge in [0.05, 0.1) is 7.11 Å². The van der Waals surface area contributed by atoms with Crippen LogP contribution in [-0.2, 0) is 19.2 Å². The number of benzene rings is 1. The number of rotatable bonds is 1. The number of halogens is 2. The van der Waals surface area contributed by atoms with Crippen molar-refractivity contribution in [1.82, 2.24) is 0 Å². The van der Waals surface area contributed by atoms with Gasteiger partial charge in [-0.3, -0.25) is 6.08 Å². The first-order chi connectivity index (χ1) is 7.83. The molecule has 2 rings (SSSR count). The van der Waals surface area contributed by atoms with E-state index in [-0.39, 0.29) is 69.4 Å². The molecule has 0 aromatic heterocycles. The Hall–Kier alpha value is -0.189. The Balaban J connectivity index is -0.0000000195. The first-order valence-electron chi connectivity index (χ1n) is 4.75. The van der Waals surface area contributed by atoms with E-state index >= 15 is 0 Å². The third-order valence-corrected chi connectivity index (χ3v) is 1.68. The summed E-state index contributed by atoms with van der Waals surface area (Å²) in [6.45, 7) is 0. The first-order valence-corrected chi connectivity index (χ1v) is 8.77. The SMILES string of the molecule is COc1ccc([NH-])cc1.Cl.Cl.[C-]1=CC=CC1.[CH3-].[CH3-].[CH3-].[CH3-].[CH3-].[CH3-].[SiH2]=[Ti]. The van der Waals surface area contributed by atoms with Crippen LogP contribution in [0.3, 0.4) is 0 Å². The number of allylic oxidation sites excluding steroid dienone is 4. The Morgan fingerprint density at radius 3 is 1.58 bits per heavy atom. The van der Waals surface area contributed by atoms with E-state index in [1.54, 1.807) is 31.4 Å². The van der Waals surface area contributed by atoms with E-state index in [0.29, 0.717) is 5.69 Å². The number of hydrogen-bond acceptors (Lipinski definition) is 1. The van der Waals surface area contributed by atoms with Crippen LogP contribution in [0.15, 0.2) is 42.5 Å².